The van der Waals surface area contributed by atoms with Gasteiger partial charge in [-0.05, 0) is 43.0 Å². The Morgan fingerprint density at radius 1 is 1.15 bits per heavy atom. The molecule has 0 radical (unpaired) electrons. The third-order valence-corrected chi connectivity index (χ3v) is 6.43. The number of nitrogens with one attached hydrogen (secondary N) is 3. The molecule has 34 heavy (non-hydrogen) atoms. The van der Waals surface area contributed by atoms with Gasteiger partial charge < -0.3 is 25.9 Å². The van der Waals surface area contributed by atoms with Crippen molar-refractivity contribution >= 4 is 25.6 Å². The van der Waals surface area contributed by atoms with Crippen molar-refractivity contribution in [2.75, 3.05) is 20.8 Å². The van der Waals surface area contributed by atoms with Crippen molar-refractivity contribution in [3.8, 4) is 5.75 Å². The number of amides is 2. The summed E-state index contributed by atoms with van der Waals surface area (Å²) >= 11 is 0. The van der Waals surface area contributed by atoms with Crippen LogP contribution in [0.3, 0.4) is 0 Å². The molecule has 4 N–H and O–H groups in total. The first-order chi connectivity index (χ1) is 16.1. The van der Waals surface area contributed by atoms with E-state index in [-0.39, 0.29) is 24.0 Å². The lowest BCUT2D eigenvalue weighted by Crippen LogP contribution is -2.56. The number of hydrogen-bond donors (Lipinski definition) is 4. The van der Waals surface area contributed by atoms with Crippen molar-refractivity contribution in [2.45, 2.75) is 51.2 Å². The first-order valence-corrected chi connectivity index (χ1v) is 12.3. The van der Waals surface area contributed by atoms with Gasteiger partial charge in [-0.1, -0.05) is 30.7 Å². The predicted octanol–water partition coefficient (Wildman–Crippen LogP) is 1.40. The van der Waals surface area contributed by atoms with Gasteiger partial charge in [0.2, 0.25) is 11.8 Å². The van der Waals surface area contributed by atoms with Crippen LogP contribution in [0.2, 0.25) is 0 Å². The minimum absolute atomic E-state index is 0.102. The minimum Gasteiger partial charge on any atom is -0.480 e. The van der Waals surface area contributed by atoms with Gasteiger partial charge in [0.05, 0.1) is 6.04 Å². The van der Waals surface area contributed by atoms with E-state index >= 15 is 0 Å². The third-order valence-electron chi connectivity index (χ3n) is 5.28. The molecular weight excluding hydrogens is 469 g/mol. The number of aliphatic carboxylic acids is 1. The second-order valence-electron chi connectivity index (χ2n) is 8.10. The molecule has 1 fully saturated rings. The van der Waals surface area contributed by atoms with Crippen LogP contribution >= 0.6 is 7.82 Å². The van der Waals surface area contributed by atoms with E-state index in [1.165, 1.54) is 12.1 Å². The number of phosphoric acid groups is 1. The molecule has 0 saturated carbocycles. The normalized spacial score (nSPS) is 17.7. The highest BCUT2D eigenvalue weighted by molar-refractivity contribution is 7.48. The topological polar surface area (TPSA) is 162 Å². The van der Waals surface area contributed by atoms with Crippen molar-refractivity contribution in [3.63, 3.8) is 0 Å². The van der Waals surface area contributed by atoms with E-state index in [0.717, 1.165) is 20.6 Å². The molecule has 1 aliphatic rings. The SMILES string of the molecule is COP(=O)(OC)OOc1ccc(C[C@H](NC(=O)[C@@H]2CCCN2)C(=O)N[C@H](C(=O)O)C(C)C)cc1. The maximum absolute atomic E-state index is 13.0. The summed E-state index contributed by atoms with van der Waals surface area (Å²) in [7, 11) is -1.54. The predicted molar refractivity (Wildman–Crippen MR) is 121 cm³/mol. The Kier molecular flexibility index (Phi) is 10.5. The molecule has 190 valence electrons. The molecule has 1 heterocycles. The van der Waals surface area contributed by atoms with E-state index in [4.69, 9.17) is 9.56 Å². The van der Waals surface area contributed by atoms with E-state index in [1.54, 1.807) is 26.0 Å². The number of phosphoric ester groups is 1. The maximum Gasteiger partial charge on any atom is 0.510 e. The van der Waals surface area contributed by atoms with E-state index in [0.29, 0.717) is 18.5 Å². The molecule has 2 rings (SSSR count). The number of carbonyl (C=O) groups is 3. The number of carboxylic acids is 1. The minimum atomic E-state index is -3.83. The van der Waals surface area contributed by atoms with Gasteiger partial charge in [0, 0.05) is 20.6 Å². The van der Waals surface area contributed by atoms with Gasteiger partial charge in [0.1, 0.15) is 12.1 Å². The molecule has 3 atom stereocenters. The van der Waals surface area contributed by atoms with Crippen LogP contribution < -0.4 is 20.8 Å². The number of benzene rings is 1. The summed E-state index contributed by atoms with van der Waals surface area (Å²) in [6.07, 6.45) is 1.61. The van der Waals surface area contributed by atoms with Crippen molar-refractivity contribution in [1.82, 2.24) is 16.0 Å². The summed E-state index contributed by atoms with van der Waals surface area (Å²) < 4.78 is 25.8. The van der Waals surface area contributed by atoms with Crippen LogP contribution in [0, 0.1) is 5.92 Å². The standard InChI is InChI=1S/C21H32N3O9P/c1-13(2)18(21(27)28)24-20(26)17(23-19(25)16-6-5-11-22-16)12-14-7-9-15(10-8-14)32-33-34(29,30-3)31-4/h7-10,13,16-18,22H,5-6,11-12H2,1-4H3,(H,23,25)(H,24,26)(H,27,28)/t16-,17-,18-/m0/s1. The summed E-state index contributed by atoms with van der Waals surface area (Å²) in [5, 5.41) is 17.7. The molecule has 0 spiro atoms. The van der Waals surface area contributed by atoms with Gasteiger partial charge in [-0.3, -0.25) is 18.6 Å². The molecule has 13 heteroatoms. The second-order valence-corrected chi connectivity index (χ2v) is 9.87. The van der Waals surface area contributed by atoms with Gasteiger partial charge in [-0.25, -0.2) is 9.36 Å². The fourth-order valence-corrected chi connectivity index (χ4v) is 3.75. The lowest BCUT2D eigenvalue weighted by Gasteiger charge is -2.24. The van der Waals surface area contributed by atoms with Crippen molar-refractivity contribution in [3.05, 3.63) is 29.8 Å². The zero-order chi connectivity index (χ0) is 25.3. The zero-order valence-corrected chi connectivity index (χ0v) is 20.5. The highest BCUT2D eigenvalue weighted by Crippen LogP contribution is 2.47. The molecule has 0 aliphatic carbocycles. The van der Waals surface area contributed by atoms with Crippen LogP contribution in [0.4, 0.5) is 0 Å². The van der Waals surface area contributed by atoms with Crippen molar-refractivity contribution in [1.29, 1.82) is 0 Å². The Bertz CT molecular complexity index is 880. The highest BCUT2D eigenvalue weighted by atomic mass is 31.2. The maximum atomic E-state index is 13.0. The van der Waals surface area contributed by atoms with Gasteiger partial charge in [0.15, 0.2) is 5.75 Å². The van der Waals surface area contributed by atoms with Crippen LogP contribution in [0.25, 0.3) is 0 Å². The summed E-state index contributed by atoms with van der Waals surface area (Å²) in [6, 6.07) is 3.77. The number of carbonyl (C=O) groups excluding carboxylic acids is 2. The Balaban J connectivity index is 2.12. The fraction of sp³-hybridized carbons (Fsp3) is 0.571. The summed E-state index contributed by atoms with van der Waals surface area (Å²) in [6.45, 7) is 4.08. The van der Waals surface area contributed by atoms with Crippen molar-refractivity contribution < 1.29 is 42.7 Å². The molecule has 12 nitrogen and oxygen atoms in total. The largest absolute Gasteiger partial charge is 0.510 e. The average Bonchev–Trinajstić information content (AvgIpc) is 3.36. The monoisotopic (exact) mass is 501 g/mol. The van der Waals surface area contributed by atoms with Crippen LogP contribution in [0.1, 0.15) is 32.3 Å². The Morgan fingerprint density at radius 3 is 2.29 bits per heavy atom. The number of carboxylic acid groups (broad SMARTS) is 1. The van der Waals surface area contributed by atoms with E-state index in [2.05, 4.69) is 25.0 Å². The average molecular weight is 501 g/mol. The molecule has 1 saturated heterocycles. The lowest BCUT2D eigenvalue weighted by atomic mass is 10.0. The van der Waals surface area contributed by atoms with E-state index < -0.39 is 37.8 Å². The molecule has 2 amide bonds. The fourth-order valence-electron chi connectivity index (χ4n) is 3.30. The Morgan fingerprint density at radius 2 is 1.79 bits per heavy atom. The van der Waals surface area contributed by atoms with Gasteiger partial charge in [0.25, 0.3) is 0 Å². The van der Waals surface area contributed by atoms with Crippen LogP contribution in [0.5, 0.6) is 5.75 Å². The number of rotatable bonds is 13. The first-order valence-electron chi connectivity index (χ1n) is 10.8. The molecule has 0 unspecified atom stereocenters. The van der Waals surface area contributed by atoms with Gasteiger partial charge in [-0.15, -0.1) is 0 Å². The molecule has 1 aromatic carbocycles. The smallest absolute Gasteiger partial charge is 0.480 e. The molecule has 1 aliphatic heterocycles. The quantitative estimate of drug-likeness (QED) is 0.177. The van der Waals surface area contributed by atoms with E-state index in [1.807, 2.05) is 0 Å². The highest BCUT2D eigenvalue weighted by Gasteiger charge is 2.31. The first kappa shape index (κ1) is 27.7. The van der Waals surface area contributed by atoms with Crippen LogP contribution in [0.15, 0.2) is 24.3 Å². The van der Waals surface area contributed by atoms with Crippen LogP contribution in [-0.4, -0.2) is 61.8 Å². The second kappa shape index (κ2) is 12.8. The third kappa shape index (κ3) is 8.07. The lowest BCUT2D eigenvalue weighted by molar-refractivity contribution is -0.143. The van der Waals surface area contributed by atoms with Crippen molar-refractivity contribution in [2.24, 2.45) is 5.92 Å². The van der Waals surface area contributed by atoms with Gasteiger partial charge >= 0.3 is 13.8 Å². The van der Waals surface area contributed by atoms with Crippen LogP contribution in [-0.2, 0) is 39.1 Å². The summed E-state index contributed by atoms with van der Waals surface area (Å²) in [4.78, 5) is 42.1. The Hall–Kier alpha value is -2.50. The Labute approximate surface area is 198 Å². The molecule has 1 aromatic rings. The summed E-state index contributed by atoms with van der Waals surface area (Å²) in [5.41, 5.74) is 0.658. The van der Waals surface area contributed by atoms with Gasteiger partial charge in [-0.2, -0.15) is 0 Å². The summed E-state index contributed by atoms with van der Waals surface area (Å²) in [5.74, 6) is -2.23. The van der Waals surface area contributed by atoms with E-state index in [9.17, 15) is 24.1 Å². The molecule has 0 bridgehead atoms. The molecule has 0 aromatic heterocycles. The molecular formula is C21H32N3O9P. The zero-order valence-electron chi connectivity index (χ0n) is 19.6. The number of hydrogen-bond acceptors (Lipinski definition) is 9.